The maximum Gasteiger partial charge on any atom is 0.225 e. The number of nitrogens with zero attached hydrogens (tertiary/aromatic N) is 4. The first kappa shape index (κ1) is 19.6. The van der Waals surface area contributed by atoms with Crippen LogP contribution in [0.15, 0.2) is 12.4 Å². The average molecular weight is 387 g/mol. The van der Waals surface area contributed by atoms with Crippen molar-refractivity contribution in [3.63, 3.8) is 0 Å². The lowest BCUT2D eigenvalue weighted by Crippen LogP contribution is -2.39. The second-order valence-corrected chi connectivity index (χ2v) is 9.22. The van der Waals surface area contributed by atoms with E-state index >= 15 is 0 Å². The average Bonchev–Trinajstić information content (AvgIpc) is 3.24. The number of hydrogen-bond donors (Lipinski definition) is 1. The van der Waals surface area contributed by atoms with E-state index in [0.717, 1.165) is 38.4 Å². The molecule has 0 spiro atoms. The van der Waals surface area contributed by atoms with Crippen LogP contribution in [0.4, 0.5) is 5.95 Å². The molecule has 4 rings (SSSR count). The molecule has 0 radical (unpaired) electrons. The van der Waals surface area contributed by atoms with Gasteiger partial charge in [-0.25, -0.2) is 9.97 Å². The number of amides is 1. The maximum absolute atomic E-state index is 12.9. The molecule has 6 heteroatoms. The maximum atomic E-state index is 12.9. The number of anilines is 1. The third-order valence-corrected chi connectivity index (χ3v) is 7.13. The summed E-state index contributed by atoms with van der Waals surface area (Å²) < 4.78 is 0. The minimum absolute atomic E-state index is 0.120. The van der Waals surface area contributed by atoms with Gasteiger partial charge in [-0.3, -0.25) is 4.79 Å². The van der Waals surface area contributed by atoms with E-state index in [1.54, 1.807) is 0 Å². The van der Waals surface area contributed by atoms with Crippen LogP contribution in [0, 0.1) is 17.3 Å². The van der Waals surface area contributed by atoms with Crippen LogP contribution < -0.4 is 4.90 Å². The van der Waals surface area contributed by atoms with E-state index in [0.29, 0.717) is 30.7 Å². The van der Waals surface area contributed by atoms with Crippen molar-refractivity contribution in [1.82, 2.24) is 14.9 Å². The molecule has 1 amide bonds. The summed E-state index contributed by atoms with van der Waals surface area (Å²) in [6.45, 7) is 5.26. The summed E-state index contributed by atoms with van der Waals surface area (Å²) >= 11 is 0. The van der Waals surface area contributed by atoms with Crippen molar-refractivity contribution < 1.29 is 9.90 Å². The summed E-state index contributed by atoms with van der Waals surface area (Å²) in [5.41, 5.74) is 0.940. The Kier molecular flexibility index (Phi) is 5.85. The van der Waals surface area contributed by atoms with Gasteiger partial charge < -0.3 is 14.9 Å². The van der Waals surface area contributed by atoms with Crippen molar-refractivity contribution in [2.24, 2.45) is 17.3 Å². The highest BCUT2D eigenvalue weighted by atomic mass is 16.3. The van der Waals surface area contributed by atoms with Gasteiger partial charge in [-0.15, -0.1) is 0 Å². The van der Waals surface area contributed by atoms with Crippen LogP contribution in [0.3, 0.4) is 0 Å². The molecule has 2 aliphatic heterocycles. The lowest BCUT2D eigenvalue weighted by atomic mass is 9.82. The molecule has 3 aliphatic rings. The molecule has 3 heterocycles. The Morgan fingerprint density at radius 3 is 2.57 bits per heavy atom. The molecule has 0 aromatic carbocycles. The highest BCUT2D eigenvalue weighted by Crippen LogP contribution is 2.43. The number of carbonyl (C=O) groups excluding carboxylic acids is 1. The molecule has 28 heavy (non-hydrogen) atoms. The molecular formula is C22H34N4O2. The van der Waals surface area contributed by atoms with Gasteiger partial charge in [0.15, 0.2) is 0 Å². The molecular weight excluding hydrogens is 352 g/mol. The molecule has 3 fully saturated rings. The van der Waals surface area contributed by atoms with E-state index in [-0.39, 0.29) is 12.0 Å². The normalized spacial score (nSPS) is 28.0. The number of carbonyl (C=O) groups is 1. The van der Waals surface area contributed by atoms with Gasteiger partial charge in [0, 0.05) is 56.3 Å². The van der Waals surface area contributed by atoms with Crippen LogP contribution in [-0.2, 0) is 11.2 Å². The molecule has 1 aromatic heterocycles. The Morgan fingerprint density at radius 1 is 1.18 bits per heavy atom. The minimum atomic E-state index is -0.228. The third-order valence-electron chi connectivity index (χ3n) is 7.13. The SMILES string of the molecule is CCCc1cnc(N2C[C@H]3CN(C(=O)CC4CCCCC4)C[C@@]3(CO)C2)nc1. The van der Waals surface area contributed by atoms with Crippen LogP contribution in [0.2, 0.25) is 0 Å². The number of hydrogen-bond acceptors (Lipinski definition) is 5. The number of aromatic nitrogens is 2. The zero-order valence-electron chi connectivity index (χ0n) is 17.1. The van der Waals surface area contributed by atoms with Gasteiger partial charge in [-0.1, -0.05) is 32.6 Å². The van der Waals surface area contributed by atoms with Gasteiger partial charge in [0.1, 0.15) is 0 Å². The predicted molar refractivity (Wildman–Crippen MR) is 109 cm³/mol. The second-order valence-electron chi connectivity index (χ2n) is 9.22. The van der Waals surface area contributed by atoms with Crippen molar-refractivity contribution in [1.29, 1.82) is 0 Å². The quantitative estimate of drug-likeness (QED) is 0.814. The summed E-state index contributed by atoms with van der Waals surface area (Å²) in [7, 11) is 0. The molecule has 1 saturated carbocycles. The van der Waals surface area contributed by atoms with Crippen molar-refractivity contribution >= 4 is 11.9 Å². The molecule has 1 aliphatic carbocycles. The van der Waals surface area contributed by atoms with Crippen LogP contribution in [0.5, 0.6) is 0 Å². The van der Waals surface area contributed by atoms with Crippen LogP contribution in [-0.4, -0.2) is 58.7 Å². The van der Waals surface area contributed by atoms with Gasteiger partial charge in [-0.2, -0.15) is 0 Å². The summed E-state index contributed by atoms with van der Waals surface area (Å²) in [5, 5.41) is 10.2. The first-order valence-corrected chi connectivity index (χ1v) is 11.1. The van der Waals surface area contributed by atoms with E-state index in [9.17, 15) is 9.90 Å². The summed E-state index contributed by atoms with van der Waals surface area (Å²) in [4.78, 5) is 26.2. The summed E-state index contributed by atoms with van der Waals surface area (Å²) in [6.07, 6.45) is 12.9. The molecule has 0 unspecified atom stereocenters. The lowest BCUT2D eigenvalue weighted by Gasteiger charge is -2.28. The predicted octanol–water partition coefficient (Wildman–Crippen LogP) is 2.66. The van der Waals surface area contributed by atoms with Gasteiger partial charge in [0.25, 0.3) is 0 Å². The first-order valence-electron chi connectivity index (χ1n) is 11.1. The first-order chi connectivity index (χ1) is 13.6. The van der Waals surface area contributed by atoms with E-state index < -0.39 is 0 Å². The van der Waals surface area contributed by atoms with Crippen molar-refractivity contribution in [2.75, 3.05) is 37.7 Å². The number of rotatable bonds is 6. The van der Waals surface area contributed by atoms with Gasteiger partial charge in [0.2, 0.25) is 11.9 Å². The molecule has 1 aromatic rings. The number of aryl methyl sites for hydroxylation is 1. The summed E-state index contributed by atoms with van der Waals surface area (Å²) in [6, 6.07) is 0. The van der Waals surface area contributed by atoms with E-state index in [1.165, 1.54) is 37.7 Å². The second kappa shape index (κ2) is 8.36. The van der Waals surface area contributed by atoms with Gasteiger partial charge in [-0.05, 0) is 30.7 Å². The molecule has 154 valence electrons. The van der Waals surface area contributed by atoms with Gasteiger partial charge in [0.05, 0.1) is 6.61 Å². The van der Waals surface area contributed by atoms with Crippen molar-refractivity contribution in [2.45, 2.75) is 58.3 Å². The number of aliphatic hydroxyl groups is 1. The zero-order chi connectivity index (χ0) is 19.6. The Labute approximate surface area is 168 Å². The minimum Gasteiger partial charge on any atom is -0.396 e. The third kappa shape index (κ3) is 3.88. The Balaban J connectivity index is 1.38. The smallest absolute Gasteiger partial charge is 0.225 e. The highest BCUT2D eigenvalue weighted by molar-refractivity contribution is 5.77. The fraction of sp³-hybridized carbons (Fsp3) is 0.773. The van der Waals surface area contributed by atoms with Crippen LogP contribution in [0.1, 0.15) is 57.4 Å². The van der Waals surface area contributed by atoms with Crippen molar-refractivity contribution in [3.8, 4) is 0 Å². The Morgan fingerprint density at radius 2 is 1.93 bits per heavy atom. The number of likely N-dealkylation sites (tertiary alicyclic amines) is 1. The fourth-order valence-corrected chi connectivity index (χ4v) is 5.44. The summed E-state index contributed by atoms with van der Waals surface area (Å²) in [5.74, 6) is 1.91. The monoisotopic (exact) mass is 386 g/mol. The van der Waals surface area contributed by atoms with Crippen LogP contribution in [0.25, 0.3) is 0 Å². The highest BCUT2D eigenvalue weighted by Gasteiger charge is 2.53. The van der Waals surface area contributed by atoms with E-state index in [4.69, 9.17) is 0 Å². The fourth-order valence-electron chi connectivity index (χ4n) is 5.44. The van der Waals surface area contributed by atoms with Gasteiger partial charge >= 0.3 is 0 Å². The Bertz CT molecular complexity index is 674. The molecule has 6 nitrogen and oxygen atoms in total. The van der Waals surface area contributed by atoms with Crippen molar-refractivity contribution in [3.05, 3.63) is 18.0 Å². The molecule has 0 bridgehead atoms. The van der Waals surface area contributed by atoms with E-state index in [2.05, 4.69) is 21.8 Å². The molecule has 2 atom stereocenters. The standard InChI is InChI=1S/C22H34N4O2/c1-2-6-18-10-23-21(24-11-18)26-13-19-12-25(14-22(19,15-26)16-27)20(28)9-17-7-4-3-5-8-17/h10-11,17,19,27H,2-9,12-16H2,1H3/t19-,22+/m1/s1. The number of aliphatic hydroxyl groups excluding tert-OH is 1. The topological polar surface area (TPSA) is 69.6 Å². The zero-order valence-corrected chi connectivity index (χ0v) is 17.1. The van der Waals surface area contributed by atoms with E-state index in [1.807, 2.05) is 17.3 Å². The Hall–Kier alpha value is -1.69. The number of fused-ring (bicyclic) bond motifs is 1. The molecule has 1 N–H and O–H groups in total. The molecule has 2 saturated heterocycles. The largest absolute Gasteiger partial charge is 0.396 e. The van der Waals surface area contributed by atoms with Crippen LogP contribution >= 0.6 is 0 Å². The lowest BCUT2D eigenvalue weighted by molar-refractivity contribution is -0.132.